The zero-order valence-corrected chi connectivity index (χ0v) is 36.9. The molecule has 0 amide bonds. The highest BCUT2D eigenvalue weighted by Crippen LogP contribution is 2.38. The first-order valence-corrected chi connectivity index (χ1v) is 22.0. The van der Waals surface area contributed by atoms with Crippen LogP contribution in [0.1, 0.15) is 140 Å². The first kappa shape index (κ1) is 49.8. The molecule has 1 aliphatic rings. The Morgan fingerprint density at radius 1 is 0.556 bits per heavy atom. The predicted molar refractivity (Wildman–Crippen MR) is 255 cm³/mol. The largest absolute Gasteiger partial charge is 0.251 e. The van der Waals surface area contributed by atoms with Gasteiger partial charge in [-0.3, -0.25) is 15.8 Å². The molecule has 5 aromatic rings. The number of aryl methyl sites for hydroxylation is 1. The van der Waals surface area contributed by atoms with Gasteiger partial charge in [0.2, 0.25) is 0 Å². The quantitative estimate of drug-likeness (QED) is 0.0281. The van der Waals surface area contributed by atoms with Gasteiger partial charge in [0.15, 0.2) is 0 Å². The summed E-state index contributed by atoms with van der Waals surface area (Å²) in [4.78, 5) is 13.0. The average molecular weight is 846 g/mol. The molecule has 7 nitrogen and oxygen atoms in total. The summed E-state index contributed by atoms with van der Waals surface area (Å²) >= 11 is 0. The lowest BCUT2D eigenvalue weighted by molar-refractivity contribution is -0.268. The number of hydrogen-bond acceptors (Lipinski definition) is 7. The van der Waals surface area contributed by atoms with Gasteiger partial charge in [-0.1, -0.05) is 155 Å². The van der Waals surface area contributed by atoms with Crippen molar-refractivity contribution in [1.29, 1.82) is 5.26 Å². The van der Waals surface area contributed by atoms with Crippen molar-refractivity contribution in [3.05, 3.63) is 204 Å². The van der Waals surface area contributed by atoms with Gasteiger partial charge in [-0.15, -0.1) is 19.7 Å². The maximum absolute atomic E-state index is 8.81. The summed E-state index contributed by atoms with van der Waals surface area (Å²) in [6, 6.07) is 41.6. The second-order valence-corrected chi connectivity index (χ2v) is 15.8. The number of benzene rings is 5. The van der Waals surface area contributed by atoms with Crippen LogP contribution < -0.4 is 0 Å². The van der Waals surface area contributed by atoms with Crippen molar-refractivity contribution in [2.75, 3.05) is 0 Å². The van der Waals surface area contributed by atoms with Gasteiger partial charge in [-0.2, -0.15) is 5.26 Å². The monoisotopic (exact) mass is 845 g/mol. The highest BCUT2D eigenvalue weighted by molar-refractivity contribution is 5.64. The van der Waals surface area contributed by atoms with Crippen molar-refractivity contribution in [1.82, 2.24) is 0 Å². The van der Waals surface area contributed by atoms with Crippen LogP contribution in [-0.4, -0.2) is 15.8 Å². The highest BCUT2D eigenvalue weighted by atomic mass is 17.1. The summed E-state index contributed by atoms with van der Waals surface area (Å²) in [6.45, 7) is 15.4. The maximum Gasteiger partial charge on any atom is 0.136 e. The summed E-state index contributed by atoms with van der Waals surface area (Å²) in [5.41, 5.74) is 10.1. The van der Waals surface area contributed by atoms with Gasteiger partial charge < -0.3 is 0 Å². The standard InChI is InChI=1S/C22H24O2.C18H26O2.C16H13NO2/c1-3-5-6-7-18-8-10-19(11-9-18)12-13-20-14-16-21(17-15-20)22(4-2)24-23;1-3-5-14-6-8-15(9-7-14)16-10-12-17(13-11-16)18(4-2)20-19;1-2-16(19-18)15-9-7-14(8-10-15)13-5-3-12(11-17)4-6-13/h4,8-11,14-17,22-23H,2-3,5-7H2,1H3;4,10-15,18-19H,2-3,5-9H2,1H3;2-10,16,18H,1H2. The van der Waals surface area contributed by atoms with E-state index in [1.807, 2.05) is 72.8 Å². The lowest BCUT2D eigenvalue weighted by atomic mass is 9.77. The van der Waals surface area contributed by atoms with E-state index >= 15 is 0 Å². The van der Waals surface area contributed by atoms with E-state index in [0.717, 1.165) is 51.3 Å². The molecular weight excluding hydrogens is 783 g/mol. The van der Waals surface area contributed by atoms with Crippen LogP contribution in [0.2, 0.25) is 0 Å². The first-order chi connectivity index (χ1) is 30.8. The molecule has 0 spiro atoms. The SMILES string of the molecule is C=CC(OO)c1ccc(-c2ccc(C#N)cc2)cc1.C=CC(OO)c1ccc(C#Cc2ccc(CCCCC)cc2)cc1.C=CC(OO)c1ccc(C2CCC(CCC)CC2)cc1. The normalized spacial score (nSPS) is 15.6. The molecule has 5 aromatic carbocycles. The van der Waals surface area contributed by atoms with Crippen LogP contribution in [0, 0.1) is 29.1 Å². The molecule has 0 aromatic heterocycles. The molecule has 0 aliphatic heterocycles. The number of hydrogen-bond donors (Lipinski definition) is 3. The van der Waals surface area contributed by atoms with Gasteiger partial charge in [0, 0.05) is 11.1 Å². The zero-order valence-electron chi connectivity index (χ0n) is 36.9. The molecule has 7 heteroatoms. The van der Waals surface area contributed by atoms with Gasteiger partial charge in [-0.05, 0) is 126 Å². The van der Waals surface area contributed by atoms with Crippen molar-refractivity contribution in [3.63, 3.8) is 0 Å². The minimum Gasteiger partial charge on any atom is -0.251 e. The van der Waals surface area contributed by atoms with Crippen LogP contribution in [0.3, 0.4) is 0 Å². The number of nitriles is 1. The van der Waals surface area contributed by atoms with Crippen LogP contribution >= 0.6 is 0 Å². The van der Waals surface area contributed by atoms with Crippen molar-refractivity contribution in [3.8, 4) is 29.0 Å². The molecule has 3 N–H and O–H groups in total. The van der Waals surface area contributed by atoms with E-state index in [1.54, 1.807) is 24.3 Å². The molecule has 3 unspecified atom stereocenters. The molecule has 1 fully saturated rings. The smallest absolute Gasteiger partial charge is 0.136 e. The lowest BCUT2D eigenvalue weighted by Gasteiger charge is -2.28. The topological polar surface area (TPSA) is 112 Å². The molecule has 0 bridgehead atoms. The molecule has 0 heterocycles. The fraction of sp³-hybridized carbons (Fsp3) is 0.304. The molecule has 328 valence electrons. The van der Waals surface area contributed by atoms with Gasteiger partial charge in [-0.25, -0.2) is 14.7 Å². The third-order valence-electron chi connectivity index (χ3n) is 11.5. The summed E-state index contributed by atoms with van der Waals surface area (Å²) in [5, 5.41) is 35.1. The van der Waals surface area contributed by atoms with Crippen LogP contribution in [0.4, 0.5) is 0 Å². The zero-order chi connectivity index (χ0) is 45.2. The molecule has 1 saturated carbocycles. The fourth-order valence-corrected chi connectivity index (χ4v) is 7.71. The summed E-state index contributed by atoms with van der Waals surface area (Å²) in [6.07, 6.45) is 16.2. The predicted octanol–water partition coefficient (Wildman–Crippen LogP) is 15.0. The molecule has 63 heavy (non-hydrogen) atoms. The van der Waals surface area contributed by atoms with Gasteiger partial charge in [0.25, 0.3) is 0 Å². The Morgan fingerprint density at radius 3 is 1.38 bits per heavy atom. The second-order valence-electron chi connectivity index (χ2n) is 15.8. The van der Waals surface area contributed by atoms with Crippen molar-refractivity contribution in [2.45, 2.75) is 102 Å². The van der Waals surface area contributed by atoms with Crippen LogP contribution in [0.5, 0.6) is 0 Å². The summed E-state index contributed by atoms with van der Waals surface area (Å²) < 4.78 is 0. The minimum atomic E-state index is -0.519. The van der Waals surface area contributed by atoms with E-state index < -0.39 is 18.3 Å². The lowest BCUT2D eigenvalue weighted by Crippen LogP contribution is -2.13. The van der Waals surface area contributed by atoms with E-state index in [2.05, 4.69) is 103 Å². The second kappa shape index (κ2) is 27.9. The minimum absolute atomic E-state index is 0.427. The van der Waals surface area contributed by atoms with E-state index in [0.29, 0.717) is 11.5 Å². The Kier molecular flexibility index (Phi) is 22.1. The van der Waals surface area contributed by atoms with Crippen molar-refractivity contribution < 1.29 is 30.4 Å². The summed E-state index contributed by atoms with van der Waals surface area (Å²) in [5.74, 6) is 7.99. The molecule has 3 atom stereocenters. The fourth-order valence-electron chi connectivity index (χ4n) is 7.71. The Hall–Kier alpha value is -5.87. The third kappa shape index (κ3) is 16.1. The van der Waals surface area contributed by atoms with Crippen molar-refractivity contribution in [2.24, 2.45) is 5.92 Å². The molecule has 0 radical (unpaired) electrons. The molecule has 0 saturated heterocycles. The average Bonchev–Trinajstić information content (AvgIpc) is 3.34. The Balaban J connectivity index is 0.000000209. The number of nitrogens with zero attached hydrogens (tertiary/aromatic N) is 1. The van der Waals surface area contributed by atoms with Crippen LogP contribution in [0.15, 0.2) is 159 Å². The first-order valence-electron chi connectivity index (χ1n) is 22.0. The van der Waals surface area contributed by atoms with E-state index in [-0.39, 0.29) is 0 Å². The Bertz CT molecular complexity index is 2190. The van der Waals surface area contributed by atoms with Gasteiger partial charge in [0.1, 0.15) is 18.3 Å². The van der Waals surface area contributed by atoms with E-state index in [1.165, 1.54) is 75.0 Å². The van der Waals surface area contributed by atoms with E-state index in [4.69, 9.17) is 21.0 Å². The van der Waals surface area contributed by atoms with Crippen molar-refractivity contribution >= 4 is 0 Å². The number of unbranched alkanes of at least 4 members (excludes halogenated alkanes) is 2. The third-order valence-corrected chi connectivity index (χ3v) is 11.5. The number of rotatable bonds is 17. The highest BCUT2D eigenvalue weighted by Gasteiger charge is 2.22. The molecule has 6 rings (SSSR count). The molecular formula is C56H63NO6. The Labute approximate surface area is 375 Å². The maximum atomic E-state index is 8.81. The Morgan fingerprint density at radius 2 is 0.968 bits per heavy atom. The summed E-state index contributed by atoms with van der Waals surface area (Å²) in [7, 11) is 0. The van der Waals surface area contributed by atoms with Crippen LogP contribution in [-0.2, 0) is 21.1 Å². The van der Waals surface area contributed by atoms with Crippen LogP contribution in [0.25, 0.3) is 11.1 Å². The van der Waals surface area contributed by atoms with Gasteiger partial charge >= 0.3 is 0 Å². The van der Waals surface area contributed by atoms with E-state index in [9.17, 15) is 0 Å². The van der Waals surface area contributed by atoms with Gasteiger partial charge in [0.05, 0.1) is 11.6 Å². The molecule has 1 aliphatic carbocycles.